The highest BCUT2D eigenvalue weighted by Gasteiger charge is 2.31. The number of hydrogen-bond acceptors (Lipinski definition) is 6. The molecule has 2 atom stereocenters. The summed E-state index contributed by atoms with van der Waals surface area (Å²) in [5.41, 5.74) is 4.66. The first-order valence-electron chi connectivity index (χ1n) is 11.9. The molecule has 0 saturated heterocycles. The van der Waals surface area contributed by atoms with Gasteiger partial charge >= 0.3 is 5.97 Å². The van der Waals surface area contributed by atoms with Crippen LogP contribution in [0.1, 0.15) is 61.1 Å². The number of halogens is 1. The van der Waals surface area contributed by atoms with Crippen molar-refractivity contribution < 1.29 is 24.2 Å². The second-order valence-corrected chi connectivity index (χ2v) is 8.87. The number of nitrogens with zero attached hydrogens (tertiary/aromatic N) is 3. The fraction of sp³-hybridized carbons (Fsp3) is 0.250. The molecule has 7 nitrogen and oxygen atoms in total. The van der Waals surface area contributed by atoms with Crippen LogP contribution in [0.5, 0.6) is 0 Å². The first kappa shape index (κ1) is 23.7. The fourth-order valence-electron chi connectivity index (χ4n) is 4.53. The van der Waals surface area contributed by atoms with Crippen LogP contribution in [0.3, 0.4) is 0 Å². The number of hydrogen-bond donors (Lipinski definition) is 2. The molecule has 0 aliphatic carbocycles. The van der Waals surface area contributed by atoms with Gasteiger partial charge in [-0.1, -0.05) is 47.6 Å². The molecule has 2 N–H and O–H groups in total. The summed E-state index contributed by atoms with van der Waals surface area (Å²) in [7, 11) is 0. The Labute approximate surface area is 208 Å². The highest BCUT2D eigenvalue weighted by molar-refractivity contribution is 6.02. The minimum Gasteiger partial charge on any atom is -0.481 e. The van der Waals surface area contributed by atoms with Crippen molar-refractivity contribution in [3.8, 4) is 0 Å². The molecule has 3 aromatic rings. The lowest BCUT2D eigenvalue weighted by Crippen LogP contribution is -2.37. The van der Waals surface area contributed by atoms with Gasteiger partial charge in [0.1, 0.15) is 11.7 Å². The molecule has 0 fully saturated rings. The van der Waals surface area contributed by atoms with Gasteiger partial charge in [0.15, 0.2) is 12.3 Å². The van der Waals surface area contributed by atoms with Crippen LogP contribution < -0.4 is 4.90 Å². The smallest absolute Gasteiger partial charge is 0.303 e. The van der Waals surface area contributed by atoms with Crippen LogP contribution in [-0.4, -0.2) is 27.7 Å². The third-order valence-corrected chi connectivity index (χ3v) is 6.40. The van der Waals surface area contributed by atoms with Crippen LogP contribution in [-0.2, 0) is 9.63 Å². The number of aliphatic imine (C=N–C) groups is 1. The van der Waals surface area contributed by atoms with E-state index in [4.69, 9.17) is 14.9 Å². The van der Waals surface area contributed by atoms with Crippen molar-refractivity contribution in [2.45, 2.75) is 44.4 Å². The van der Waals surface area contributed by atoms with E-state index in [9.17, 15) is 14.3 Å². The number of unbranched alkanes of at least 4 members (excludes halogenated alkanes) is 1. The normalized spacial score (nSPS) is 18.8. The number of fused-ring (bicyclic) bond motifs is 1. The van der Waals surface area contributed by atoms with Crippen LogP contribution in [0.4, 0.5) is 15.8 Å². The predicted molar refractivity (Wildman–Crippen MR) is 135 cm³/mol. The monoisotopic (exact) mass is 487 g/mol. The Morgan fingerprint density at radius 2 is 1.83 bits per heavy atom. The Morgan fingerprint density at radius 1 is 1.06 bits per heavy atom. The highest BCUT2D eigenvalue weighted by atomic mass is 19.1. The molecular formula is C28H26FN3O4. The molecule has 0 amide bonds. The number of anilines is 1. The highest BCUT2D eigenvalue weighted by Crippen LogP contribution is 2.40. The quantitative estimate of drug-likeness (QED) is 0.387. The van der Waals surface area contributed by atoms with Crippen LogP contribution in [0.2, 0.25) is 0 Å². The first-order valence-corrected chi connectivity index (χ1v) is 11.9. The standard InChI is InChI=1S/C28H26FN3O4/c29-20-11-13-21(14-12-20)32-26(8-4-5-9-27(33)34)30-24-16-19(10-15-22(24)28(32)35)25-17-23(31-36-25)18-6-2-1-3-7-18/h1-3,6-7,10-16,25,28,35H,4-5,8-9,17H2,(H,33,34). The van der Waals surface area contributed by atoms with E-state index in [0.717, 1.165) is 16.8 Å². The van der Waals surface area contributed by atoms with Gasteiger partial charge < -0.3 is 15.1 Å². The van der Waals surface area contributed by atoms with Crippen molar-refractivity contribution in [2.24, 2.45) is 10.1 Å². The molecule has 0 bridgehead atoms. The lowest BCUT2D eigenvalue weighted by atomic mass is 9.97. The Bertz CT molecular complexity index is 1310. The zero-order valence-electron chi connectivity index (χ0n) is 19.5. The summed E-state index contributed by atoms with van der Waals surface area (Å²) in [6.45, 7) is 0. The van der Waals surface area contributed by atoms with Crippen molar-refractivity contribution in [3.63, 3.8) is 0 Å². The third-order valence-electron chi connectivity index (χ3n) is 6.40. The summed E-state index contributed by atoms with van der Waals surface area (Å²) < 4.78 is 13.6. The largest absolute Gasteiger partial charge is 0.481 e. The number of oxime groups is 1. The SMILES string of the molecule is O=C(O)CCCCC1=Nc2cc(C3CC(c4ccccc4)=NO3)ccc2C(O)N1c1ccc(F)cc1. The van der Waals surface area contributed by atoms with Crippen LogP contribution >= 0.6 is 0 Å². The van der Waals surface area contributed by atoms with Crippen molar-refractivity contribution in [3.05, 3.63) is 95.3 Å². The molecule has 5 rings (SSSR count). The molecule has 0 spiro atoms. The number of carbonyl (C=O) groups is 1. The van der Waals surface area contributed by atoms with Crippen molar-refractivity contribution in [1.82, 2.24) is 0 Å². The molecule has 2 heterocycles. The Balaban J connectivity index is 1.41. The first-order chi connectivity index (χ1) is 17.5. The molecule has 8 heteroatoms. The van der Waals surface area contributed by atoms with Crippen molar-refractivity contribution in [1.29, 1.82) is 0 Å². The third kappa shape index (κ3) is 4.99. The maximum atomic E-state index is 13.6. The number of carboxylic acids is 1. The zero-order chi connectivity index (χ0) is 25.1. The van der Waals surface area contributed by atoms with Gasteiger partial charge in [-0.05, 0) is 54.3 Å². The Morgan fingerprint density at radius 3 is 2.58 bits per heavy atom. The van der Waals surface area contributed by atoms with Gasteiger partial charge in [0, 0.05) is 30.5 Å². The molecule has 2 aliphatic rings. The fourth-order valence-corrected chi connectivity index (χ4v) is 4.53. The molecule has 2 unspecified atom stereocenters. The summed E-state index contributed by atoms with van der Waals surface area (Å²) >= 11 is 0. The summed E-state index contributed by atoms with van der Waals surface area (Å²) in [6.07, 6.45) is 0.954. The van der Waals surface area contributed by atoms with Gasteiger partial charge in [0.05, 0.1) is 11.4 Å². The maximum Gasteiger partial charge on any atom is 0.303 e. The molecule has 0 aromatic heterocycles. The molecule has 184 valence electrons. The summed E-state index contributed by atoms with van der Waals surface area (Å²) in [6, 6.07) is 21.4. The molecule has 0 saturated carbocycles. The van der Waals surface area contributed by atoms with E-state index in [1.54, 1.807) is 17.0 Å². The van der Waals surface area contributed by atoms with E-state index in [-0.39, 0.29) is 18.3 Å². The number of aliphatic hydroxyl groups excluding tert-OH is 1. The Hall–Kier alpha value is -4.04. The van der Waals surface area contributed by atoms with Gasteiger partial charge in [0.25, 0.3) is 0 Å². The lowest BCUT2D eigenvalue weighted by Gasteiger charge is -2.35. The van der Waals surface area contributed by atoms with Gasteiger partial charge in [-0.2, -0.15) is 0 Å². The number of carboxylic acid groups (broad SMARTS) is 1. The van der Waals surface area contributed by atoms with E-state index < -0.39 is 12.2 Å². The number of amidine groups is 1. The Kier molecular flexibility index (Phi) is 6.77. The lowest BCUT2D eigenvalue weighted by molar-refractivity contribution is -0.137. The number of rotatable bonds is 8. The second kappa shape index (κ2) is 10.3. The number of aliphatic carboxylic acids is 1. The number of aliphatic hydroxyl groups is 1. The maximum absolute atomic E-state index is 13.6. The summed E-state index contributed by atoms with van der Waals surface area (Å²) in [5.74, 6) is -0.624. The van der Waals surface area contributed by atoms with Gasteiger partial charge in [0.2, 0.25) is 0 Å². The van der Waals surface area contributed by atoms with Gasteiger partial charge in [-0.25, -0.2) is 9.38 Å². The molecule has 0 radical (unpaired) electrons. The minimum absolute atomic E-state index is 0.0654. The average Bonchev–Trinajstić information content (AvgIpc) is 3.38. The van der Waals surface area contributed by atoms with Crippen LogP contribution in [0.25, 0.3) is 0 Å². The van der Waals surface area contributed by atoms with Gasteiger partial charge in [-0.15, -0.1) is 0 Å². The molecule has 3 aromatic carbocycles. The second-order valence-electron chi connectivity index (χ2n) is 8.87. The average molecular weight is 488 g/mol. The number of benzene rings is 3. The summed E-state index contributed by atoms with van der Waals surface area (Å²) in [4.78, 5) is 23.2. The summed E-state index contributed by atoms with van der Waals surface area (Å²) in [5, 5.41) is 24.5. The van der Waals surface area contributed by atoms with Crippen molar-refractivity contribution >= 4 is 28.9 Å². The van der Waals surface area contributed by atoms with Crippen molar-refractivity contribution in [2.75, 3.05) is 4.90 Å². The molecule has 36 heavy (non-hydrogen) atoms. The minimum atomic E-state index is -1.02. The molecular weight excluding hydrogens is 461 g/mol. The van der Waals surface area contributed by atoms with E-state index >= 15 is 0 Å². The van der Waals surface area contributed by atoms with E-state index in [2.05, 4.69) is 5.16 Å². The van der Waals surface area contributed by atoms with E-state index in [1.165, 1.54) is 12.1 Å². The van der Waals surface area contributed by atoms with E-state index in [0.29, 0.717) is 48.5 Å². The van der Waals surface area contributed by atoms with Crippen LogP contribution in [0, 0.1) is 5.82 Å². The zero-order valence-corrected chi connectivity index (χ0v) is 19.5. The van der Waals surface area contributed by atoms with E-state index in [1.807, 2.05) is 48.5 Å². The topological polar surface area (TPSA) is 94.7 Å². The van der Waals surface area contributed by atoms with Gasteiger partial charge in [-0.3, -0.25) is 9.69 Å². The molecule has 2 aliphatic heterocycles. The van der Waals surface area contributed by atoms with Crippen LogP contribution in [0.15, 0.2) is 82.9 Å². The predicted octanol–water partition coefficient (Wildman–Crippen LogP) is 5.88.